The minimum absolute atomic E-state index is 0.216. The van der Waals surface area contributed by atoms with Gasteiger partial charge < -0.3 is 5.32 Å². The Morgan fingerprint density at radius 1 is 0.950 bits per heavy atom. The van der Waals surface area contributed by atoms with E-state index in [2.05, 4.69) is 74.6 Å². The first-order valence-electron chi connectivity index (χ1n) is 7.01. The second kappa shape index (κ2) is 6.47. The average molecular weight is 285 g/mol. The van der Waals surface area contributed by atoms with Crippen molar-refractivity contribution in [2.75, 3.05) is 7.05 Å². The summed E-state index contributed by atoms with van der Waals surface area (Å²) < 4.78 is 0. The Kier molecular flexibility index (Phi) is 4.90. The lowest BCUT2D eigenvalue weighted by Gasteiger charge is -2.19. The van der Waals surface area contributed by atoms with Crippen LogP contribution in [-0.4, -0.2) is 7.05 Å². The first-order chi connectivity index (χ1) is 9.50. The lowest BCUT2D eigenvalue weighted by Crippen LogP contribution is -2.10. The van der Waals surface area contributed by atoms with Crippen molar-refractivity contribution in [3.05, 3.63) is 59.7 Å². The average Bonchev–Trinajstić information content (AvgIpc) is 2.41. The van der Waals surface area contributed by atoms with Gasteiger partial charge >= 0.3 is 0 Å². The smallest absolute Gasteiger partial charge is 0.0213 e. The molecule has 0 fully saturated rings. The topological polar surface area (TPSA) is 12.0 Å². The zero-order valence-corrected chi connectivity index (χ0v) is 13.6. The second-order valence-corrected chi connectivity index (χ2v) is 7.13. The maximum atomic E-state index is 3.23. The maximum absolute atomic E-state index is 3.23. The standard InChI is InChI=1S/C18H23NS/c1-18(2,3)15-9-11-16(12-10-15)20-17-8-6-5-7-14(17)13-19-4/h5-12,19H,13H2,1-4H3. The van der Waals surface area contributed by atoms with E-state index in [9.17, 15) is 0 Å². The van der Waals surface area contributed by atoms with Gasteiger partial charge in [0.2, 0.25) is 0 Å². The van der Waals surface area contributed by atoms with Crippen LogP contribution in [0.5, 0.6) is 0 Å². The number of nitrogens with one attached hydrogen (secondary N) is 1. The highest BCUT2D eigenvalue weighted by molar-refractivity contribution is 7.99. The fraction of sp³-hybridized carbons (Fsp3) is 0.333. The van der Waals surface area contributed by atoms with Gasteiger partial charge in [-0.05, 0) is 41.8 Å². The fourth-order valence-electron chi connectivity index (χ4n) is 2.09. The van der Waals surface area contributed by atoms with Gasteiger partial charge in [0, 0.05) is 16.3 Å². The Balaban J connectivity index is 2.18. The van der Waals surface area contributed by atoms with E-state index in [1.165, 1.54) is 20.9 Å². The summed E-state index contributed by atoms with van der Waals surface area (Å²) in [5.74, 6) is 0. The van der Waals surface area contributed by atoms with Gasteiger partial charge in [0.25, 0.3) is 0 Å². The van der Waals surface area contributed by atoms with Crippen LogP contribution in [0, 0.1) is 0 Å². The van der Waals surface area contributed by atoms with Gasteiger partial charge in [-0.25, -0.2) is 0 Å². The van der Waals surface area contributed by atoms with E-state index in [4.69, 9.17) is 0 Å². The molecular formula is C18H23NS. The molecule has 2 aromatic carbocycles. The number of hydrogen-bond donors (Lipinski definition) is 1. The van der Waals surface area contributed by atoms with E-state index >= 15 is 0 Å². The van der Waals surface area contributed by atoms with E-state index in [0.29, 0.717) is 0 Å². The highest BCUT2D eigenvalue weighted by Crippen LogP contribution is 2.32. The molecule has 2 aromatic rings. The van der Waals surface area contributed by atoms with E-state index in [1.807, 2.05) is 18.8 Å². The molecule has 0 bridgehead atoms. The third kappa shape index (κ3) is 3.87. The summed E-state index contributed by atoms with van der Waals surface area (Å²) in [7, 11) is 1.99. The van der Waals surface area contributed by atoms with Crippen molar-refractivity contribution in [3.8, 4) is 0 Å². The predicted octanol–water partition coefficient (Wildman–Crippen LogP) is 4.85. The molecule has 0 heterocycles. The Morgan fingerprint density at radius 3 is 2.20 bits per heavy atom. The highest BCUT2D eigenvalue weighted by Gasteiger charge is 2.13. The van der Waals surface area contributed by atoms with Gasteiger partial charge in [-0.2, -0.15) is 0 Å². The molecule has 0 amide bonds. The number of hydrogen-bond acceptors (Lipinski definition) is 2. The third-order valence-electron chi connectivity index (χ3n) is 3.29. The lowest BCUT2D eigenvalue weighted by atomic mass is 9.87. The first kappa shape index (κ1) is 15.1. The summed E-state index contributed by atoms with van der Waals surface area (Å²) >= 11 is 1.83. The molecule has 0 unspecified atom stereocenters. The number of benzene rings is 2. The van der Waals surface area contributed by atoms with Crippen molar-refractivity contribution in [1.29, 1.82) is 0 Å². The van der Waals surface area contributed by atoms with Crippen LogP contribution >= 0.6 is 11.8 Å². The molecule has 0 radical (unpaired) electrons. The second-order valence-electron chi connectivity index (χ2n) is 6.01. The minimum atomic E-state index is 0.216. The summed E-state index contributed by atoms with van der Waals surface area (Å²) in [5.41, 5.74) is 2.94. The first-order valence-corrected chi connectivity index (χ1v) is 7.83. The third-order valence-corrected chi connectivity index (χ3v) is 4.41. The monoisotopic (exact) mass is 285 g/mol. The van der Waals surface area contributed by atoms with E-state index < -0.39 is 0 Å². The molecule has 1 N–H and O–H groups in total. The fourth-order valence-corrected chi connectivity index (χ4v) is 3.03. The molecular weight excluding hydrogens is 262 g/mol. The Bertz CT molecular complexity index is 552. The molecule has 0 aliphatic carbocycles. The Morgan fingerprint density at radius 2 is 1.60 bits per heavy atom. The van der Waals surface area contributed by atoms with Crippen molar-refractivity contribution in [3.63, 3.8) is 0 Å². The maximum Gasteiger partial charge on any atom is 0.0213 e. The molecule has 0 saturated carbocycles. The van der Waals surface area contributed by atoms with Crippen molar-refractivity contribution in [2.24, 2.45) is 0 Å². The van der Waals surface area contributed by atoms with Crippen molar-refractivity contribution >= 4 is 11.8 Å². The van der Waals surface area contributed by atoms with Gasteiger partial charge in [0.15, 0.2) is 0 Å². The lowest BCUT2D eigenvalue weighted by molar-refractivity contribution is 0.590. The van der Waals surface area contributed by atoms with Gasteiger partial charge in [0.05, 0.1) is 0 Å². The normalized spacial score (nSPS) is 11.6. The quantitative estimate of drug-likeness (QED) is 0.861. The molecule has 0 aliphatic heterocycles. The molecule has 2 rings (SSSR count). The molecule has 1 nitrogen and oxygen atoms in total. The molecule has 106 valence electrons. The Hall–Kier alpha value is -1.25. The molecule has 0 saturated heterocycles. The molecule has 2 heteroatoms. The van der Waals surface area contributed by atoms with Crippen molar-refractivity contribution in [2.45, 2.75) is 42.5 Å². The summed E-state index contributed by atoms with van der Waals surface area (Å²) in [6.45, 7) is 7.65. The number of rotatable bonds is 4. The predicted molar refractivity (Wildman–Crippen MR) is 88.5 cm³/mol. The van der Waals surface area contributed by atoms with Crippen LogP contribution in [-0.2, 0) is 12.0 Å². The van der Waals surface area contributed by atoms with E-state index in [1.54, 1.807) is 0 Å². The van der Waals surface area contributed by atoms with Gasteiger partial charge in [-0.3, -0.25) is 0 Å². The molecule has 20 heavy (non-hydrogen) atoms. The van der Waals surface area contributed by atoms with Gasteiger partial charge in [-0.1, -0.05) is 62.9 Å². The zero-order chi connectivity index (χ0) is 14.6. The molecule has 0 aromatic heterocycles. The van der Waals surface area contributed by atoms with E-state index in [-0.39, 0.29) is 5.41 Å². The summed E-state index contributed by atoms with van der Waals surface area (Å²) in [6, 6.07) is 17.5. The van der Waals surface area contributed by atoms with Crippen LogP contribution < -0.4 is 5.32 Å². The molecule has 0 spiro atoms. The summed E-state index contributed by atoms with van der Waals surface area (Å²) in [6.07, 6.45) is 0. The van der Waals surface area contributed by atoms with Crippen LogP contribution in [0.15, 0.2) is 58.3 Å². The minimum Gasteiger partial charge on any atom is -0.316 e. The van der Waals surface area contributed by atoms with Crippen molar-refractivity contribution in [1.82, 2.24) is 5.32 Å². The van der Waals surface area contributed by atoms with E-state index in [0.717, 1.165) is 6.54 Å². The van der Waals surface area contributed by atoms with Gasteiger partial charge in [0.1, 0.15) is 0 Å². The van der Waals surface area contributed by atoms with Crippen LogP contribution in [0.3, 0.4) is 0 Å². The van der Waals surface area contributed by atoms with Gasteiger partial charge in [-0.15, -0.1) is 0 Å². The SMILES string of the molecule is CNCc1ccccc1Sc1ccc(C(C)(C)C)cc1. The van der Waals surface area contributed by atoms with Crippen LogP contribution in [0.4, 0.5) is 0 Å². The highest BCUT2D eigenvalue weighted by atomic mass is 32.2. The Labute approximate surface area is 126 Å². The van der Waals surface area contributed by atoms with Crippen molar-refractivity contribution < 1.29 is 0 Å². The summed E-state index contributed by atoms with van der Waals surface area (Å²) in [5, 5.41) is 3.23. The van der Waals surface area contributed by atoms with Crippen LogP contribution in [0.2, 0.25) is 0 Å². The van der Waals surface area contributed by atoms with Crippen LogP contribution in [0.25, 0.3) is 0 Å². The zero-order valence-electron chi connectivity index (χ0n) is 12.7. The largest absolute Gasteiger partial charge is 0.316 e. The molecule has 0 aliphatic rings. The van der Waals surface area contributed by atoms with Crippen LogP contribution in [0.1, 0.15) is 31.9 Å². The summed E-state index contributed by atoms with van der Waals surface area (Å²) in [4.78, 5) is 2.62. The molecule has 0 atom stereocenters.